The van der Waals surface area contributed by atoms with Crippen LogP contribution < -0.4 is 4.74 Å². The molecule has 0 aliphatic carbocycles. The lowest BCUT2D eigenvalue weighted by atomic mass is 10.00. The average molecular weight is 277 g/mol. The van der Waals surface area contributed by atoms with E-state index in [4.69, 9.17) is 16.3 Å². The number of aliphatic hydroxyl groups excluding tert-OH is 1. The van der Waals surface area contributed by atoms with Crippen molar-refractivity contribution in [3.8, 4) is 5.75 Å². The van der Waals surface area contributed by atoms with Gasteiger partial charge in [-0.3, -0.25) is 0 Å². The number of hydrogen-bond donors (Lipinski definition) is 1. The molecule has 0 heterocycles. The van der Waals surface area contributed by atoms with Crippen molar-refractivity contribution in [1.29, 1.82) is 0 Å². The number of aryl methyl sites for hydroxylation is 1. The summed E-state index contributed by atoms with van der Waals surface area (Å²) in [7, 11) is 0. The zero-order valence-corrected chi connectivity index (χ0v) is 11.8. The number of aliphatic hydroxyl groups is 1. The van der Waals surface area contributed by atoms with E-state index in [1.807, 2.05) is 56.3 Å². The van der Waals surface area contributed by atoms with Crippen LogP contribution in [0.15, 0.2) is 42.5 Å². The molecule has 0 bridgehead atoms. The Labute approximate surface area is 118 Å². The molecule has 1 N–H and O–H groups in total. The van der Waals surface area contributed by atoms with E-state index in [2.05, 4.69) is 0 Å². The summed E-state index contributed by atoms with van der Waals surface area (Å²) in [5.74, 6) is 0.800. The van der Waals surface area contributed by atoms with Gasteiger partial charge in [0, 0.05) is 10.6 Å². The minimum atomic E-state index is -0.719. The van der Waals surface area contributed by atoms with Gasteiger partial charge in [0.1, 0.15) is 11.9 Å². The molecular weight excluding hydrogens is 260 g/mol. The number of halogens is 1. The monoisotopic (exact) mass is 276 g/mol. The van der Waals surface area contributed by atoms with Gasteiger partial charge in [-0.15, -0.1) is 0 Å². The van der Waals surface area contributed by atoms with Crippen LogP contribution in [0, 0.1) is 6.92 Å². The van der Waals surface area contributed by atoms with E-state index >= 15 is 0 Å². The first-order chi connectivity index (χ1) is 9.13. The standard InChI is InChI=1S/C16H17ClO2/c1-3-19-13-9-7-12(8-10-13)16(18)14-6-4-5-11(2)15(14)17/h4-10,16,18H,3H2,1-2H3. The van der Waals surface area contributed by atoms with E-state index in [0.29, 0.717) is 11.6 Å². The fourth-order valence-electron chi connectivity index (χ4n) is 1.97. The summed E-state index contributed by atoms with van der Waals surface area (Å²) < 4.78 is 5.38. The molecule has 0 aromatic heterocycles. The summed E-state index contributed by atoms with van der Waals surface area (Å²) >= 11 is 6.23. The van der Waals surface area contributed by atoms with Gasteiger partial charge in [0.05, 0.1) is 6.61 Å². The molecule has 1 atom stereocenters. The third-order valence-corrected chi connectivity index (χ3v) is 3.54. The Kier molecular flexibility index (Phi) is 4.46. The van der Waals surface area contributed by atoms with Crippen LogP contribution in [0.2, 0.25) is 5.02 Å². The molecule has 2 nitrogen and oxygen atoms in total. The summed E-state index contributed by atoms with van der Waals surface area (Å²) in [4.78, 5) is 0. The minimum absolute atomic E-state index is 0.615. The molecule has 0 aliphatic heterocycles. The van der Waals surface area contributed by atoms with E-state index in [0.717, 1.165) is 22.4 Å². The fourth-order valence-corrected chi connectivity index (χ4v) is 2.20. The Balaban J connectivity index is 2.28. The maximum absolute atomic E-state index is 10.4. The molecule has 0 saturated carbocycles. The van der Waals surface area contributed by atoms with Crippen molar-refractivity contribution in [2.24, 2.45) is 0 Å². The molecule has 2 rings (SSSR count). The predicted octanol–water partition coefficient (Wildman–Crippen LogP) is 4.13. The van der Waals surface area contributed by atoms with Crippen LogP contribution in [0.1, 0.15) is 29.7 Å². The van der Waals surface area contributed by atoms with E-state index in [1.165, 1.54) is 0 Å². The molecule has 100 valence electrons. The van der Waals surface area contributed by atoms with Crippen molar-refractivity contribution in [3.63, 3.8) is 0 Å². The third kappa shape index (κ3) is 3.09. The SMILES string of the molecule is CCOc1ccc(C(O)c2cccc(C)c2Cl)cc1. The molecule has 1 unspecified atom stereocenters. The van der Waals surface area contributed by atoms with Gasteiger partial charge in [0.25, 0.3) is 0 Å². The average Bonchev–Trinajstić information content (AvgIpc) is 2.42. The topological polar surface area (TPSA) is 29.5 Å². The quantitative estimate of drug-likeness (QED) is 0.910. The van der Waals surface area contributed by atoms with Crippen LogP contribution in [-0.2, 0) is 0 Å². The molecule has 0 fully saturated rings. The fraction of sp³-hybridized carbons (Fsp3) is 0.250. The lowest BCUT2D eigenvalue weighted by Gasteiger charge is -2.15. The summed E-state index contributed by atoms with van der Waals surface area (Å²) in [5.41, 5.74) is 2.49. The van der Waals surface area contributed by atoms with Crippen LogP contribution in [0.25, 0.3) is 0 Å². The summed E-state index contributed by atoms with van der Waals surface area (Å²) in [6, 6.07) is 13.1. The maximum Gasteiger partial charge on any atom is 0.119 e. The smallest absolute Gasteiger partial charge is 0.119 e. The normalized spacial score (nSPS) is 12.2. The largest absolute Gasteiger partial charge is 0.494 e. The van der Waals surface area contributed by atoms with Gasteiger partial charge in [0.15, 0.2) is 0 Å². The van der Waals surface area contributed by atoms with Crippen molar-refractivity contribution in [3.05, 3.63) is 64.2 Å². The summed E-state index contributed by atoms with van der Waals surface area (Å²) in [6.45, 7) is 4.50. The Morgan fingerprint density at radius 1 is 1.16 bits per heavy atom. The molecule has 19 heavy (non-hydrogen) atoms. The number of ether oxygens (including phenoxy) is 1. The molecule has 0 saturated heterocycles. The van der Waals surface area contributed by atoms with Crippen LogP contribution in [0.5, 0.6) is 5.75 Å². The van der Waals surface area contributed by atoms with Gasteiger partial charge in [-0.25, -0.2) is 0 Å². The molecular formula is C16H17ClO2. The first kappa shape index (κ1) is 13.9. The van der Waals surface area contributed by atoms with Crippen molar-refractivity contribution >= 4 is 11.6 Å². The van der Waals surface area contributed by atoms with Gasteiger partial charge >= 0.3 is 0 Å². The Morgan fingerprint density at radius 2 is 1.84 bits per heavy atom. The molecule has 0 spiro atoms. The number of hydrogen-bond acceptors (Lipinski definition) is 2. The van der Waals surface area contributed by atoms with Gasteiger partial charge < -0.3 is 9.84 Å². The van der Waals surface area contributed by atoms with E-state index in [9.17, 15) is 5.11 Å². The third-order valence-electron chi connectivity index (χ3n) is 3.02. The zero-order valence-electron chi connectivity index (χ0n) is 11.1. The van der Waals surface area contributed by atoms with E-state index in [-0.39, 0.29) is 0 Å². The lowest BCUT2D eigenvalue weighted by Crippen LogP contribution is -2.01. The van der Waals surface area contributed by atoms with Gasteiger partial charge in [-0.05, 0) is 37.1 Å². The zero-order chi connectivity index (χ0) is 13.8. The maximum atomic E-state index is 10.4. The lowest BCUT2D eigenvalue weighted by molar-refractivity contribution is 0.220. The van der Waals surface area contributed by atoms with Crippen molar-refractivity contribution < 1.29 is 9.84 Å². The highest BCUT2D eigenvalue weighted by molar-refractivity contribution is 6.32. The Morgan fingerprint density at radius 3 is 2.47 bits per heavy atom. The predicted molar refractivity (Wildman–Crippen MR) is 77.9 cm³/mol. The number of rotatable bonds is 4. The summed E-state index contributed by atoms with van der Waals surface area (Å²) in [6.07, 6.45) is -0.719. The second-order valence-electron chi connectivity index (χ2n) is 4.38. The number of benzene rings is 2. The second-order valence-corrected chi connectivity index (χ2v) is 4.76. The molecule has 2 aromatic rings. The molecule has 0 amide bonds. The Hall–Kier alpha value is -1.51. The van der Waals surface area contributed by atoms with Crippen LogP contribution in [-0.4, -0.2) is 11.7 Å². The molecule has 2 aromatic carbocycles. The Bertz CT molecular complexity index is 549. The molecule has 0 radical (unpaired) electrons. The first-order valence-corrected chi connectivity index (χ1v) is 6.67. The van der Waals surface area contributed by atoms with Gasteiger partial charge in [-0.2, -0.15) is 0 Å². The second kappa shape index (κ2) is 6.09. The van der Waals surface area contributed by atoms with E-state index in [1.54, 1.807) is 0 Å². The van der Waals surface area contributed by atoms with Crippen molar-refractivity contribution in [1.82, 2.24) is 0 Å². The highest BCUT2D eigenvalue weighted by Gasteiger charge is 2.14. The van der Waals surface area contributed by atoms with Crippen molar-refractivity contribution in [2.75, 3.05) is 6.61 Å². The van der Waals surface area contributed by atoms with Gasteiger partial charge in [0.2, 0.25) is 0 Å². The minimum Gasteiger partial charge on any atom is -0.494 e. The molecule has 0 aliphatic rings. The highest BCUT2D eigenvalue weighted by Crippen LogP contribution is 2.31. The van der Waals surface area contributed by atoms with E-state index < -0.39 is 6.10 Å². The first-order valence-electron chi connectivity index (χ1n) is 6.29. The summed E-state index contributed by atoms with van der Waals surface area (Å²) in [5, 5.41) is 11.0. The molecule has 3 heteroatoms. The van der Waals surface area contributed by atoms with Crippen LogP contribution in [0.4, 0.5) is 0 Å². The van der Waals surface area contributed by atoms with Crippen LogP contribution in [0.3, 0.4) is 0 Å². The van der Waals surface area contributed by atoms with Crippen LogP contribution >= 0.6 is 11.6 Å². The van der Waals surface area contributed by atoms with Crippen molar-refractivity contribution in [2.45, 2.75) is 20.0 Å². The highest BCUT2D eigenvalue weighted by atomic mass is 35.5. The van der Waals surface area contributed by atoms with Gasteiger partial charge in [-0.1, -0.05) is 41.9 Å².